The van der Waals surface area contributed by atoms with E-state index in [1.807, 2.05) is 17.9 Å². The summed E-state index contributed by atoms with van der Waals surface area (Å²) in [4.78, 5) is 15.4. The van der Waals surface area contributed by atoms with E-state index >= 15 is 4.39 Å². The van der Waals surface area contributed by atoms with Crippen LogP contribution in [-0.4, -0.2) is 41.1 Å². The third-order valence-corrected chi connectivity index (χ3v) is 8.09. The second-order valence-electron chi connectivity index (χ2n) is 8.88. The fourth-order valence-electron chi connectivity index (χ4n) is 5.51. The number of carbonyl (C=O) groups excluding carboxylic acids is 1. The largest absolute Gasteiger partial charge is 0.389 e. The molecule has 1 fully saturated rings. The van der Waals surface area contributed by atoms with Crippen LogP contribution in [0.2, 0.25) is 0 Å². The fourth-order valence-corrected chi connectivity index (χ4v) is 6.46. The van der Waals surface area contributed by atoms with E-state index < -0.39 is 11.6 Å². The van der Waals surface area contributed by atoms with Crippen molar-refractivity contribution in [2.75, 3.05) is 25.4 Å². The number of aromatic nitrogens is 1. The molecule has 0 spiro atoms. The molecule has 4 aromatic rings. The molecule has 0 radical (unpaired) electrons. The number of nitrogen functional groups attached to an aromatic ring is 1. The van der Waals surface area contributed by atoms with Gasteiger partial charge in [0.25, 0.3) is 5.91 Å². The van der Waals surface area contributed by atoms with Gasteiger partial charge in [-0.15, -0.1) is 11.3 Å². The van der Waals surface area contributed by atoms with Crippen LogP contribution in [0.15, 0.2) is 24.3 Å². The van der Waals surface area contributed by atoms with Gasteiger partial charge in [-0.25, -0.2) is 8.78 Å². The zero-order valence-electron chi connectivity index (χ0n) is 18.4. The van der Waals surface area contributed by atoms with Gasteiger partial charge < -0.3 is 20.5 Å². The summed E-state index contributed by atoms with van der Waals surface area (Å²) in [6.45, 7) is 4.63. The lowest BCUT2D eigenvalue weighted by molar-refractivity contribution is 0.0615. The van der Waals surface area contributed by atoms with Crippen LogP contribution in [0.3, 0.4) is 0 Å². The van der Waals surface area contributed by atoms with Crippen LogP contribution in [-0.2, 0) is 6.54 Å². The maximum atomic E-state index is 15.9. The van der Waals surface area contributed by atoms with E-state index in [0.717, 1.165) is 30.0 Å². The van der Waals surface area contributed by atoms with Crippen molar-refractivity contribution in [3.63, 3.8) is 0 Å². The monoisotopic (exact) mass is 477 g/mol. The number of halogens is 2. The topological polar surface area (TPSA) is 87.1 Å². The quantitative estimate of drug-likeness (QED) is 0.426. The highest BCUT2D eigenvalue weighted by Gasteiger charge is 2.33. The smallest absolute Gasteiger partial charge is 0.256 e. The number of nitrogens with one attached hydrogen (secondary N) is 1. The molecule has 2 aromatic carbocycles. The van der Waals surface area contributed by atoms with Crippen molar-refractivity contribution in [1.82, 2.24) is 14.8 Å². The van der Waals surface area contributed by atoms with Crippen molar-refractivity contribution in [2.24, 2.45) is 0 Å². The van der Waals surface area contributed by atoms with E-state index in [4.69, 9.17) is 5.73 Å². The number of anilines is 1. The van der Waals surface area contributed by atoms with Crippen molar-refractivity contribution < 1.29 is 13.6 Å². The van der Waals surface area contributed by atoms with Gasteiger partial charge in [0.1, 0.15) is 22.7 Å². The van der Waals surface area contributed by atoms with E-state index in [2.05, 4.69) is 16.0 Å². The molecule has 2 aromatic heterocycles. The second kappa shape index (κ2) is 7.52. The Morgan fingerprint density at radius 3 is 2.82 bits per heavy atom. The Morgan fingerprint density at radius 1 is 1.21 bits per heavy atom. The zero-order chi connectivity index (χ0) is 23.7. The number of hydrogen-bond acceptors (Lipinski definition) is 5. The Labute approximate surface area is 198 Å². The number of benzene rings is 2. The minimum atomic E-state index is -0.582. The molecular formula is C25H21F2N5OS. The first kappa shape index (κ1) is 21.1. The molecule has 0 bridgehead atoms. The Balaban J connectivity index is 1.69. The van der Waals surface area contributed by atoms with Crippen molar-refractivity contribution in [3.05, 3.63) is 52.7 Å². The summed E-state index contributed by atoms with van der Waals surface area (Å²) in [6.07, 6.45) is 0.788. The molecule has 6 nitrogen and oxygen atoms in total. The summed E-state index contributed by atoms with van der Waals surface area (Å²) in [5.41, 5.74) is 8.73. The van der Waals surface area contributed by atoms with Gasteiger partial charge in [-0.2, -0.15) is 5.26 Å². The predicted molar refractivity (Wildman–Crippen MR) is 129 cm³/mol. The van der Waals surface area contributed by atoms with Crippen LogP contribution < -0.4 is 11.1 Å². The number of fused-ring (bicyclic) bond motifs is 2. The lowest BCUT2D eigenvalue weighted by Gasteiger charge is -2.38. The standard InChI is InChI=1S/C25H21F2N5OS/c1-12-8-15-20(14-2-3-18(26)23-21(14)17(10-28)24(29)34-23)19(27)9-16-22(15)31(12)6-4-13-11-30-5-7-32(13)25(16)33/h2-3,8-9,13,30H,4-7,11,29H2,1H3/t13-/m0/s1. The van der Waals surface area contributed by atoms with Gasteiger partial charge >= 0.3 is 0 Å². The third-order valence-electron chi connectivity index (χ3n) is 7.06. The maximum absolute atomic E-state index is 15.9. The van der Waals surface area contributed by atoms with Crippen LogP contribution >= 0.6 is 11.3 Å². The van der Waals surface area contributed by atoms with Gasteiger partial charge in [0.05, 0.1) is 21.3 Å². The summed E-state index contributed by atoms with van der Waals surface area (Å²) in [7, 11) is 0. The van der Waals surface area contributed by atoms with Crippen molar-refractivity contribution in [1.29, 1.82) is 5.26 Å². The summed E-state index contributed by atoms with van der Waals surface area (Å²) >= 11 is 0.982. The Kier molecular flexibility index (Phi) is 4.66. The minimum Gasteiger partial charge on any atom is -0.389 e. The summed E-state index contributed by atoms with van der Waals surface area (Å²) in [5, 5.41) is 14.1. The summed E-state index contributed by atoms with van der Waals surface area (Å²) < 4.78 is 32.8. The minimum absolute atomic E-state index is 0.0534. The number of aryl methyl sites for hydroxylation is 2. The molecule has 1 saturated heterocycles. The number of nitrogens with two attached hydrogens (primary N) is 1. The Morgan fingerprint density at radius 2 is 2.03 bits per heavy atom. The van der Waals surface area contributed by atoms with Crippen LogP contribution in [0, 0.1) is 29.9 Å². The molecule has 9 heteroatoms. The summed E-state index contributed by atoms with van der Waals surface area (Å²) in [6, 6.07) is 8.06. The number of nitrogens with zero attached hydrogens (tertiary/aromatic N) is 3. The van der Waals surface area contributed by atoms with Gasteiger partial charge in [0.2, 0.25) is 0 Å². The molecule has 6 rings (SSSR count). The molecule has 4 heterocycles. The van der Waals surface area contributed by atoms with Gasteiger partial charge in [-0.3, -0.25) is 4.79 Å². The number of rotatable bonds is 1. The average molecular weight is 478 g/mol. The second-order valence-corrected chi connectivity index (χ2v) is 9.93. The van der Waals surface area contributed by atoms with E-state index in [9.17, 15) is 14.4 Å². The number of carbonyl (C=O) groups is 1. The first-order chi connectivity index (χ1) is 16.4. The third kappa shape index (κ3) is 2.82. The molecular weight excluding hydrogens is 456 g/mol. The molecule has 2 aliphatic heterocycles. The number of amides is 1. The molecule has 2 aliphatic rings. The van der Waals surface area contributed by atoms with Gasteiger partial charge in [-0.1, -0.05) is 6.07 Å². The van der Waals surface area contributed by atoms with E-state index in [1.54, 1.807) is 0 Å². The van der Waals surface area contributed by atoms with Crippen molar-refractivity contribution in [2.45, 2.75) is 25.9 Å². The fraction of sp³-hybridized carbons (Fsp3) is 0.280. The van der Waals surface area contributed by atoms with Gasteiger partial charge in [-0.05, 0) is 37.1 Å². The van der Waals surface area contributed by atoms with Gasteiger partial charge in [0.15, 0.2) is 0 Å². The highest BCUT2D eigenvalue weighted by Crippen LogP contribution is 2.45. The average Bonchev–Trinajstić information content (AvgIpc) is 3.33. The number of hydrogen-bond donors (Lipinski definition) is 2. The van der Waals surface area contributed by atoms with Crippen LogP contribution in [0.4, 0.5) is 13.8 Å². The van der Waals surface area contributed by atoms with Crippen molar-refractivity contribution >= 4 is 43.2 Å². The molecule has 172 valence electrons. The molecule has 1 atom stereocenters. The molecule has 0 unspecified atom stereocenters. The SMILES string of the molecule is Cc1cc2c(-c3ccc(F)c4sc(N)c(C#N)c34)c(F)cc3c2n1CC[C@H]1CNCCN1C3=O. The van der Waals surface area contributed by atoms with Crippen molar-refractivity contribution in [3.8, 4) is 17.2 Å². The van der Waals surface area contributed by atoms with Crippen LogP contribution in [0.5, 0.6) is 0 Å². The lowest BCUT2D eigenvalue weighted by atomic mass is 9.93. The molecule has 34 heavy (non-hydrogen) atoms. The van der Waals surface area contributed by atoms with Gasteiger partial charge in [0, 0.05) is 54.3 Å². The van der Waals surface area contributed by atoms with E-state index in [1.165, 1.54) is 18.2 Å². The molecule has 0 saturated carbocycles. The Bertz CT molecular complexity index is 1560. The molecule has 1 amide bonds. The van der Waals surface area contributed by atoms with E-state index in [0.29, 0.717) is 47.1 Å². The Hall–Kier alpha value is -3.48. The number of piperazine rings is 1. The predicted octanol–water partition coefficient (Wildman–Crippen LogP) is 4.38. The van der Waals surface area contributed by atoms with Crippen LogP contribution in [0.25, 0.3) is 32.1 Å². The number of thiophene rings is 1. The highest BCUT2D eigenvalue weighted by atomic mass is 32.1. The first-order valence-corrected chi connectivity index (χ1v) is 12.0. The summed E-state index contributed by atoms with van der Waals surface area (Å²) in [5.74, 6) is -1.27. The normalized spacial score (nSPS) is 18.1. The lowest BCUT2D eigenvalue weighted by Crippen LogP contribution is -2.54. The zero-order valence-corrected chi connectivity index (χ0v) is 19.2. The molecule has 3 N–H and O–H groups in total. The van der Waals surface area contributed by atoms with Crippen LogP contribution in [0.1, 0.15) is 28.0 Å². The molecule has 0 aliphatic carbocycles. The highest BCUT2D eigenvalue weighted by molar-refractivity contribution is 7.23. The first-order valence-electron chi connectivity index (χ1n) is 11.2. The maximum Gasteiger partial charge on any atom is 0.256 e. The van der Waals surface area contributed by atoms with E-state index in [-0.39, 0.29) is 32.8 Å². The number of nitriles is 1.